The largest absolute Gasteiger partial charge is 0.483 e. The van der Waals surface area contributed by atoms with E-state index in [2.05, 4.69) is 15.7 Å². The number of hydrazine groups is 1. The fraction of sp³-hybridized carbons (Fsp3) is 0.212. The van der Waals surface area contributed by atoms with Gasteiger partial charge in [-0.15, -0.1) is 0 Å². The number of benzene rings is 3. The Kier molecular flexibility index (Phi) is 10.3. The molecule has 4 aromatic rings. The maximum Gasteiger partial charge on any atom is 0.426 e. The quantitative estimate of drug-likeness (QED) is 0.220. The Morgan fingerprint density at radius 3 is 2.04 bits per heavy atom. The molecule has 1 heterocycles. The number of H-pyrrole nitrogens is 1. The highest BCUT2D eigenvalue weighted by Gasteiger charge is 2.28. The number of halogens is 2. The molecule has 1 aromatic heterocycles. The molecule has 0 fully saturated rings. The number of aromatic amines is 1. The number of nitrogens with one attached hydrogen (secondary N) is 3. The van der Waals surface area contributed by atoms with Gasteiger partial charge in [0.1, 0.15) is 29.4 Å². The second kappa shape index (κ2) is 14.3. The average molecular weight is 619 g/mol. The molecular formula is C33H32F2N4O6. The molecule has 4 rings (SSSR count). The maximum atomic E-state index is 13.9. The zero-order chi connectivity index (χ0) is 32.6. The van der Waals surface area contributed by atoms with Gasteiger partial charge in [-0.1, -0.05) is 54.6 Å². The first-order valence-corrected chi connectivity index (χ1v) is 13.9. The Morgan fingerprint density at radius 2 is 1.44 bits per heavy atom. The van der Waals surface area contributed by atoms with Crippen LogP contribution < -0.4 is 20.9 Å². The van der Waals surface area contributed by atoms with E-state index in [0.29, 0.717) is 16.7 Å². The first kappa shape index (κ1) is 32.4. The van der Waals surface area contributed by atoms with Crippen LogP contribution in [0.4, 0.5) is 13.6 Å². The highest BCUT2D eigenvalue weighted by molar-refractivity contribution is 5.98. The van der Waals surface area contributed by atoms with E-state index in [-0.39, 0.29) is 31.0 Å². The van der Waals surface area contributed by atoms with Crippen molar-refractivity contribution in [3.8, 4) is 5.75 Å². The van der Waals surface area contributed by atoms with Crippen LogP contribution >= 0.6 is 0 Å². The molecule has 3 aromatic carbocycles. The Hall–Kier alpha value is -5.52. The molecule has 3 amide bonds. The predicted molar refractivity (Wildman–Crippen MR) is 161 cm³/mol. The van der Waals surface area contributed by atoms with Crippen molar-refractivity contribution in [2.24, 2.45) is 0 Å². The van der Waals surface area contributed by atoms with Crippen LogP contribution in [0.25, 0.3) is 0 Å². The fourth-order valence-electron chi connectivity index (χ4n) is 4.07. The Labute approximate surface area is 258 Å². The zero-order valence-corrected chi connectivity index (χ0v) is 24.9. The smallest absolute Gasteiger partial charge is 0.426 e. The lowest BCUT2D eigenvalue weighted by atomic mass is 10.1. The third kappa shape index (κ3) is 9.23. The summed E-state index contributed by atoms with van der Waals surface area (Å²) in [4.78, 5) is 56.0. The Morgan fingerprint density at radius 1 is 0.844 bits per heavy atom. The molecule has 0 atom stereocenters. The molecular weight excluding hydrogens is 586 g/mol. The highest BCUT2D eigenvalue weighted by Crippen LogP contribution is 2.19. The van der Waals surface area contributed by atoms with Crippen LogP contribution in [0, 0.1) is 11.6 Å². The Balaban J connectivity index is 1.68. The minimum absolute atomic E-state index is 0.00466. The normalized spacial score (nSPS) is 11.0. The molecule has 45 heavy (non-hydrogen) atoms. The standard InChI is InChI=1S/C33H32F2N4O6/c1-33(2,3)45-32(43)38-39(19-22-11-15-25(35)16-12-22)31(42)27-29(44-20-23-7-5-4-6-8-23)28(40)26(18-36-27)30(41)37-17-21-9-13-24(34)14-10-21/h4-16,18H,17,19-20H2,1-3H3,(H,36,40)(H,37,41)(H,38,43). The summed E-state index contributed by atoms with van der Waals surface area (Å²) in [7, 11) is 0. The number of carbonyl (C=O) groups is 3. The molecule has 0 spiro atoms. The van der Waals surface area contributed by atoms with Crippen molar-refractivity contribution in [3.63, 3.8) is 0 Å². The van der Waals surface area contributed by atoms with Gasteiger partial charge in [-0.3, -0.25) is 14.4 Å². The molecule has 234 valence electrons. The third-order valence-corrected chi connectivity index (χ3v) is 6.21. The summed E-state index contributed by atoms with van der Waals surface area (Å²) < 4.78 is 38.0. The number of nitrogens with zero attached hydrogens (tertiary/aromatic N) is 1. The Bertz CT molecular complexity index is 1700. The van der Waals surface area contributed by atoms with Gasteiger partial charge in [-0.2, -0.15) is 0 Å². The lowest BCUT2D eigenvalue weighted by molar-refractivity contribution is 0.0277. The van der Waals surface area contributed by atoms with Gasteiger partial charge in [-0.05, 0) is 61.7 Å². The van der Waals surface area contributed by atoms with Gasteiger partial charge in [-0.25, -0.2) is 24.0 Å². The molecule has 0 aliphatic rings. The zero-order valence-electron chi connectivity index (χ0n) is 24.9. The number of ether oxygens (including phenoxy) is 2. The van der Waals surface area contributed by atoms with E-state index >= 15 is 0 Å². The predicted octanol–water partition coefficient (Wildman–Crippen LogP) is 5.24. The van der Waals surface area contributed by atoms with Gasteiger partial charge in [0.15, 0.2) is 11.4 Å². The lowest BCUT2D eigenvalue weighted by Gasteiger charge is -2.26. The van der Waals surface area contributed by atoms with Crippen LogP contribution in [0.1, 0.15) is 58.3 Å². The van der Waals surface area contributed by atoms with E-state index in [1.165, 1.54) is 48.5 Å². The summed E-state index contributed by atoms with van der Waals surface area (Å²) in [6.45, 7) is 4.58. The van der Waals surface area contributed by atoms with Gasteiger partial charge in [0.25, 0.3) is 11.8 Å². The van der Waals surface area contributed by atoms with Crippen LogP contribution in [-0.4, -0.2) is 33.5 Å². The van der Waals surface area contributed by atoms with Crippen LogP contribution in [0.15, 0.2) is 89.9 Å². The second-order valence-electron chi connectivity index (χ2n) is 11.0. The number of carbonyl (C=O) groups excluding carboxylic acids is 3. The van der Waals surface area contributed by atoms with Crippen LogP contribution in [-0.2, 0) is 24.4 Å². The van der Waals surface area contributed by atoms with E-state index in [4.69, 9.17) is 9.47 Å². The molecule has 0 saturated heterocycles. The van der Waals surface area contributed by atoms with Crippen molar-refractivity contribution in [1.29, 1.82) is 0 Å². The number of pyridine rings is 1. The minimum Gasteiger partial charge on any atom is -0.483 e. The summed E-state index contributed by atoms with van der Waals surface area (Å²) in [6, 6.07) is 19.5. The number of rotatable bonds is 9. The number of aromatic nitrogens is 1. The maximum absolute atomic E-state index is 13.9. The molecule has 0 aliphatic heterocycles. The second-order valence-corrected chi connectivity index (χ2v) is 11.0. The SMILES string of the molecule is CC(C)(C)OC(=O)NN(Cc1ccc(F)cc1)C(=O)c1[nH]cc(C(=O)NCc2ccc(F)cc2)c(=O)c1OCc1ccccc1. The average Bonchev–Trinajstić information content (AvgIpc) is 3.00. The summed E-state index contributed by atoms with van der Waals surface area (Å²) in [6.07, 6.45) is 0.109. The topological polar surface area (TPSA) is 130 Å². The van der Waals surface area contributed by atoms with Crippen LogP contribution in [0.2, 0.25) is 0 Å². The van der Waals surface area contributed by atoms with Gasteiger partial charge >= 0.3 is 6.09 Å². The number of hydrogen-bond donors (Lipinski definition) is 3. The summed E-state index contributed by atoms with van der Waals surface area (Å²) in [5.74, 6) is -3.06. The molecule has 0 bridgehead atoms. The molecule has 3 N–H and O–H groups in total. The molecule has 0 saturated carbocycles. The first-order valence-electron chi connectivity index (χ1n) is 13.9. The van der Waals surface area contributed by atoms with E-state index in [1.807, 2.05) is 0 Å². The third-order valence-electron chi connectivity index (χ3n) is 6.21. The van der Waals surface area contributed by atoms with Crippen LogP contribution in [0.5, 0.6) is 5.75 Å². The highest BCUT2D eigenvalue weighted by atomic mass is 19.1. The molecule has 0 unspecified atom stereocenters. The van der Waals surface area contributed by atoms with Crippen molar-refractivity contribution in [1.82, 2.24) is 20.7 Å². The van der Waals surface area contributed by atoms with Crippen molar-refractivity contribution in [2.75, 3.05) is 0 Å². The van der Waals surface area contributed by atoms with Crippen molar-refractivity contribution in [2.45, 2.75) is 46.1 Å². The summed E-state index contributed by atoms with van der Waals surface area (Å²) in [5.41, 5.74) is 1.62. The van der Waals surface area contributed by atoms with E-state index in [1.54, 1.807) is 51.1 Å². The summed E-state index contributed by atoms with van der Waals surface area (Å²) in [5, 5.41) is 3.48. The van der Waals surface area contributed by atoms with E-state index < -0.39 is 46.3 Å². The van der Waals surface area contributed by atoms with Crippen molar-refractivity contribution in [3.05, 3.63) is 135 Å². The molecule has 0 aliphatic carbocycles. The molecule has 12 heteroatoms. The molecule has 0 radical (unpaired) electrons. The fourth-order valence-corrected chi connectivity index (χ4v) is 4.07. The van der Waals surface area contributed by atoms with Gasteiger partial charge < -0.3 is 19.8 Å². The van der Waals surface area contributed by atoms with Crippen LogP contribution in [0.3, 0.4) is 0 Å². The van der Waals surface area contributed by atoms with Crippen molar-refractivity contribution >= 4 is 17.9 Å². The van der Waals surface area contributed by atoms with Gasteiger partial charge in [0, 0.05) is 12.7 Å². The molecule has 10 nitrogen and oxygen atoms in total. The lowest BCUT2D eigenvalue weighted by Crippen LogP contribution is -2.48. The number of amides is 3. The van der Waals surface area contributed by atoms with Gasteiger partial charge in [0.05, 0.1) is 6.54 Å². The van der Waals surface area contributed by atoms with E-state index in [0.717, 1.165) is 11.2 Å². The number of hydrogen-bond acceptors (Lipinski definition) is 6. The summed E-state index contributed by atoms with van der Waals surface area (Å²) >= 11 is 0. The van der Waals surface area contributed by atoms with Gasteiger partial charge in [0.2, 0.25) is 5.43 Å². The van der Waals surface area contributed by atoms with Crippen molar-refractivity contribution < 1.29 is 32.6 Å². The monoisotopic (exact) mass is 618 g/mol. The van der Waals surface area contributed by atoms with E-state index in [9.17, 15) is 28.0 Å². The minimum atomic E-state index is -0.955. The first-order chi connectivity index (χ1) is 21.4.